The van der Waals surface area contributed by atoms with Crippen LogP contribution in [0.25, 0.3) is 0 Å². The summed E-state index contributed by atoms with van der Waals surface area (Å²) in [5.41, 5.74) is 0. The molecule has 142 valence electrons. The number of carboxylic acid groups (broad SMARTS) is 2. The van der Waals surface area contributed by atoms with Gasteiger partial charge >= 0.3 is 17.9 Å². The van der Waals surface area contributed by atoms with E-state index in [4.69, 9.17) is 14.6 Å². The van der Waals surface area contributed by atoms with Gasteiger partial charge in [-0.25, -0.2) is 0 Å². The fourth-order valence-electron chi connectivity index (χ4n) is 2.02. The van der Waals surface area contributed by atoms with E-state index in [9.17, 15) is 24.3 Å². The zero-order valence-corrected chi connectivity index (χ0v) is 14.3. The summed E-state index contributed by atoms with van der Waals surface area (Å²) in [7, 11) is 0. The average molecular weight is 365 g/mol. The molecule has 26 heavy (non-hydrogen) atoms. The Balaban J connectivity index is 2.29. The molecular weight excluding hydrogens is 344 g/mol. The normalized spacial score (nSPS) is 10.2. The van der Waals surface area contributed by atoms with Gasteiger partial charge in [0, 0.05) is 25.2 Å². The highest BCUT2D eigenvalue weighted by molar-refractivity contribution is 5.73. The number of hydrogen-bond acceptors (Lipinski definition) is 7. The highest BCUT2D eigenvalue weighted by Crippen LogP contribution is 2.19. The standard InChI is InChI=1S/C18H22O8/c19-15(20)5-1-3-7-17(23)25-13-9-11-14(12-10-13)26-18(24)8-4-2-6-16(21)22/h9-12H,1-8H2,(H,19,20)(H,21,22)/p-1. The summed E-state index contributed by atoms with van der Waals surface area (Å²) in [6, 6.07) is 5.92. The van der Waals surface area contributed by atoms with Gasteiger partial charge in [0.25, 0.3) is 0 Å². The number of carboxylic acids is 2. The van der Waals surface area contributed by atoms with Crippen LogP contribution in [0, 0.1) is 0 Å². The second-order valence-electron chi connectivity index (χ2n) is 5.60. The largest absolute Gasteiger partial charge is 0.550 e. The monoisotopic (exact) mass is 365 g/mol. The van der Waals surface area contributed by atoms with Crippen molar-refractivity contribution in [3.63, 3.8) is 0 Å². The van der Waals surface area contributed by atoms with Crippen molar-refractivity contribution in [3.05, 3.63) is 24.3 Å². The van der Waals surface area contributed by atoms with Crippen molar-refractivity contribution in [1.82, 2.24) is 0 Å². The van der Waals surface area contributed by atoms with Crippen molar-refractivity contribution >= 4 is 23.9 Å². The maximum absolute atomic E-state index is 11.6. The maximum atomic E-state index is 11.6. The summed E-state index contributed by atoms with van der Waals surface area (Å²) >= 11 is 0. The third-order valence-corrected chi connectivity index (χ3v) is 3.32. The van der Waals surface area contributed by atoms with Crippen LogP contribution in [0.4, 0.5) is 0 Å². The number of unbranched alkanes of at least 4 members (excludes halogenated alkanes) is 2. The topological polar surface area (TPSA) is 130 Å². The van der Waals surface area contributed by atoms with Gasteiger partial charge in [-0.15, -0.1) is 0 Å². The lowest BCUT2D eigenvalue weighted by molar-refractivity contribution is -0.305. The predicted molar refractivity (Wildman–Crippen MR) is 87.3 cm³/mol. The molecule has 0 radical (unpaired) electrons. The Morgan fingerprint density at radius 1 is 0.731 bits per heavy atom. The van der Waals surface area contributed by atoms with Crippen LogP contribution in [0.5, 0.6) is 11.5 Å². The van der Waals surface area contributed by atoms with Crippen LogP contribution < -0.4 is 14.6 Å². The third-order valence-electron chi connectivity index (χ3n) is 3.32. The van der Waals surface area contributed by atoms with Gasteiger partial charge in [-0.1, -0.05) is 0 Å². The molecule has 0 heterocycles. The van der Waals surface area contributed by atoms with Gasteiger partial charge in [-0.3, -0.25) is 14.4 Å². The first kappa shape index (κ1) is 21.1. The van der Waals surface area contributed by atoms with Gasteiger partial charge in [-0.2, -0.15) is 0 Å². The van der Waals surface area contributed by atoms with Gasteiger partial charge in [-0.05, 0) is 56.4 Å². The number of rotatable bonds is 12. The number of ether oxygens (including phenoxy) is 2. The molecule has 0 spiro atoms. The number of benzene rings is 1. The summed E-state index contributed by atoms with van der Waals surface area (Å²) in [5, 5.41) is 18.8. The Morgan fingerprint density at radius 3 is 1.50 bits per heavy atom. The van der Waals surface area contributed by atoms with Gasteiger partial charge in [0.15, 0.2) is 0 Å². The molecule has 1 rings (SSSR count). The van der Waals surface area contributed by atoms with Gasteiger partial charge < -0.3 is 24.5 Å². The highest BCUT2D eigenvalue weighted by atomic mass is 16.5. The lowest BCUT2D eigenvalue weighted by atomic mass is 10.2. The molecule has 1 N–H and O–H groups in total. The minimum absolute atomic E-state index is 0.0144. The van der Waals surface area contributed by atoms with Crippen molar-refractivity contribution in [2.45, 2.75) is 51.4 Å². The molecule has 0 saturated carbocycles. The molecule has 0 aliphatic rings. The second-order valence-corrected chi connectivity index (χ2v) is 5.60. The Labute approximate surface area is 150 Å². The third kappa shape index (κ3) is 10.1. The minimum Gasteiger partial charge on any atom is -0.550 e. The van der Waals surface area contributed by atoms with Crippen LogP contribution in [-0.2, 0) is 19.2 Å². The summed E-state index contributed by atoms with van der Waals surface area (Å²) in [6.07, 6.45) is 1.71. The van der Waals surface area contributed by atoms with Crippen LogP contribution in [0.3, 0.4) is 0 Å². The van der Waals surface area contributed by atoms with Crippen LogP contribution in [-0.4, -0.2) is 29.0 Å². The van der Waals surface area contributed by atoms with E-state index < -0.39 is 23.9 Å². The molecule has 0 atom stereocenters. The molecule has 0 amide bonds. The first-order valence-corrected chi connectivity index (χ1v) is 8.30. The lowest BCUT2D eigenvalue weighted by Gasteiger charge is -2.07. The van der Waals surface area contributed by atoms with E-state index in [0.717, 1.165) is 0 Å². The number of carbonyl (C=O) groups excluding carboxylic acids is 3. The van der Waals surface area contributed by atoms with Crippen LogP contribution in [0.2, 0.25) is 0 Å². The summed E-state index contributed by atoms with van der Waals surface area (Å²) < 4.78 is 10.2. The fourth-order valence-corrected chi connectivity index (χ4v) is 2.02. The Bertz CT molecular complexity index is 566. The lowest BCUT2D eigenvalue weighted by Crippen LogP contribution is -2.21. The van der Waals surface area contributed by atoms with Crippen molar-refractivity contribution in [2.75, 3.05) is 0 Å². The summed E-state index contributed by atoms with van der Waals surface area (Å²) in [5.74, 6) is -2.41. The van der Waals surface area contributed by atoms with Crippen LogP contribution in [0.15, 0.2) is 24.3 Å². The van der Waals surface area contributed by atoms with Gasteiger partial charge in [0.05, 0.1) is 0 Å². The molecule has 0 aliphatic carbocycles. The molecule has 1 aromatic carbocycles. The predicted octanol–water partition coefficient (Wildman–Crippen LogP) is 1.45. The van der Waals surface area contributed by atoms with Crippen molar-refractivity contribution in [1.29, 1.82) is 0 Å². The van der Waals surface area contributed by atoms with Crippen molar-refractivity contribution in [2.24, 2.45) is 0 Å². The van der Waals surface area contributed by atoms with Gasteiger partial charge in [0.1, 0.15) is 11.5 Å². The second kappa shape index (κ2) is 11.6. The average Bonchev–Trinajstić information content (AvgIpc) is 2.57. The Kier molecular flexibility index (Phi) is 9.45. The van der Waals surface area contributed by atoms with Gasteiger partial charge in [0.2, 0.25) is 0 Å². The smallest absolute Gasteiger partial charge is 0.311 e. The Morgan fingerprint density at radius 2 is 1.12 bits per heavy atom. The van der Waals surface area contributed by atoms with Crippen molar-refractivity contribution < 1.29 is 38.9 Å². The summed E-state index contributed by atoms with van der Waals surface area (Å²) in [4.78, 5) is 43.8. The minimum atomic E-state index is -1.15. The molecule has 0 bridgehead atoms. The number of esters is 2. The number of carbonyl (C=O) groups is 4. The fraction of sp³-hybridized carbons (Fsp3) is 0.444. The van der Waals surface area contributed by atoms with E-state index in [2.05, 4.69) is 0 Å². The van der Waals surface area contributed by atoms with E-state index in [-0.39, 0.29) is 31.4 Å². The van der Waals surface area contributed by atoms with E-state index >= 15 is 0 Å². The Hall–Kier alpha value is -2.90. The first-order chi connectivity index (χ1) is 12.4. The quantitative estimate of drug-likeness (QED) is 0.335. The molecule has 0 aliphatic heterocycles. The van der Waals surface area contributed by atoms with Crippen LogP contribution in [0.1, 0.15) is 51.4 Å². The molecule has 0 saturated heterocycles. The molecule has 0 fully saturated rings. The zero-order chi connectivity index (χ0) is 19.4. The molecule has 1 aromatic rings. The van der Waals surface area contributed by atoms with E-state index in [1.165, 1.54) is 24.3 Å². The summed E-state index contributed by atoms with van der Waals surface area (Å²) in [6.45, 7) is 0. The van der Waals surface area contributed by atoms with Crippen molar-refractivity contribution in [3.8, 4) is 11.5 Å². The molecule has 8 heteroatoms. The highest BCUT2D eigenvalue weighted by Gasteiger charge is 2.08. The van der Waals surface area contributed by atoms with E-state index in [1.54, 1.807) is 0 Å². The maximum Gasteiger partial charge on any atom is 0.311 e. The molecule has 0 aromatic heterocycles. The number of hydrogen-bond donors (Lipinski definition) is 1. The molecule has 0 unspecified atom stereocenters. The molecule has 8 nitrogen and oxygen atoms in total. The first-order valence-electron chi connectivity index (χ1n) is 8.30. The van der Waals surface area contributed by atoms with E-state index in [1.807, 2.05) is 0 Å². The molecular formula is C18H21O8-. The SMILES string of the molecule is O=C([O-])CCCCC(=O)Oc1ccc(OC(=O)CCCCC(=O)O)cc1. The number of aliphatic carboxylic acids is 2. The van der Waals surface area contributed by atoms with Crippen LogP contribution >= 0.6 is 0 Å². The van der Waals surface area contributed by atoms with E-state index in [0.29, 0.717) is 31.4 Å². The zero-order valence-electron chi connectivity index (χ0n) is 14.3.